The van der Waals surface area contributed by atoms with E-state index in [-0.39, 0.29) is 12.0 Å². The number of nitrogens with zero attached hydrogens (tertiary/aromatic N) is 3. The van der Waals surface area contributed by atoms with Crippen LogP contribution < -0.4 is 0 Å². The van der Waals surface area contributed by atoms with Crippen molar-refractivity contribution in [1.82, 2.24) is 15.0 Å². The second-order valence-electron chi connectivity index (χ2n) is 4.09. The maximum Gasteiger partial charge on any atom is 0.172 e. The molecule has 0 aromatic carbocycles. The number of methoxy groups -OCH3 is 1. The first-order valence-electron chi connectivity index (χ1n) is 5.54. The minimum Gasteiger partial charge on any atom is -0.382 e. The molecule has 0 aliphatic heterocycles. The van der Waals surface area contributed by atoms with Gasteiger partial charge in [0.05, 0.1) is 18.3 Å². The highest BCUT2D eigenvalue weighted by Crippen LogP contribution is 2.21. The molecule has 1 heterocycles. The van der Waals surface area contributed by atoms with Gasteiger partial charge in [-0.1, -0.05) is 26.0 Å². The van der Waals surface area contributed by atoms with Gasteiger partial charge < -0.3 is 4.74 Å². The molecule has 5 heteroatoms. The van der Waals surface area contributed by atoms with Crippen LogP contribution in [0.4, 0.5) is 0 Å². The van der Waals surface area contributed by atoms with Crippen LogP contribution in [0.3, 0.4) is 0 Å². The SMILES string of the molecule is CCC(COC)n1nnc(C=O)c1C(C)C. The molecule has 1 aromatic rings. The van der Waals surface area contributed by atoms with Crippen LogP contribution in [0, 0.1) is 0 Å². The first kappa shape index (κ1) is 12.8. The molecule has 16 heavy (non-hydrogen) atoms. The standard InChI is InChI=1S/C11H19N3O2/c1-5-9(7-16-4)14-11(8(2)3)10(6-15)12-13-14/h6,8-9H,5,7H2,1-4H3. The van der Waals surface area contributed by atoms with Crippen LogP contribution in [-0.4, -0.2) is 35.0 Å². The van der Waals surface area contributed by atoms with E-state index in [1.807, 2.05) is 18.5 Å². The van der Waals surface area contributed by atoms with E-state index in [2.05, 4.69) is 17.2 Å². The van der Waals surface area contributed by atoms with Crippen LogP contribution in [-0.2, 0) is 4.74 Å². The molecular weight excluding hydrogens is 206 g/mol. The molecule has 1 unspecified atom stereocenters. The number of rotatable bonds is 6. The summed E-state index contributed by atoms with van der Waals surface area (Å²) in [5, 5.41) is 7.95. The van der Waals surface area contributed by atoms with Crippen molar-refractivity contribution in [3.8, 4) is 0 Å². The summed E-state index contributed by atoms with van der Waals surface area (Å²) in [4.78, 5) is 10.9. The summed E-state index contributed by atoms with van der Waals surface area (Å²) in [7, 11) is 1.66. The highest BCUT2D eigenvalue weighted by Gasteiger charge is 2.20. The number of aromatic nitrogens is 3. The van der Waals surface area contributed by atoms with Gasteiger partial charge in [-0.25, -0.2) is 4.68 Å². The molecule has 0 aliphatic rings. The average Bonchev–Trinajstić information content (AvgIpc) is 2.69. The van der Waals surface area contributed by atoms with Crippen LogP contribution in [0.25, 0.3) is 0 Å². The summed E-state index contributed by atoms with van der Waals surface area (Å²) in [6.07, 6.45) is 1.66. The van der Waals surface area contributed by atoms with Gasteiger partial charge in [0.1, 0.15) is 5.69 Å². The summed E-state index contributed by atoms with van der Waals surface area (Å²) in [5.41, 5.74) is 1.32. The Hall–Kier alpha value is -1.23. The van der Waals surface area contributed by atoms with Gasteiger partial charge in [0.15, 0.2) is 6.29 Å². The molecule has 0 spiro atoms. The van der Waals surface area contributed by atoms with Crippen LogP contribution in [0.2, 0.25) is 0 Å². The van der Waals surface area contributed by atoms with Crippen LogP contribution >= 0.6 is 0 Å². The maximum absolute atomic E-state index is 10.9. The molecule has 0 saturated heterocycles. The van der Waals surface area contributed by atoms with Crippen molar-refractivity contribution in [3.63, 3.8) is 0 Å². The van der Waals surface area contributed by atoms with E-state index in [1.165, 1.54) is 0 Å². The minimum absolute atomic E-state index is 0.142. The molecular formula is C11H19N3O2. The fourth-order valence-corrected chi connectivity index (χ4v) is 1.78. The lowest BCUT2D eigenvalue weighted by molar-refractivity contribution is 0.111. The first-order valence-corrected chi connectivity index (χ1v) is 5.54. The molecule has 1 atom stereocenters. The van der Waals surface area contributed by atoms with Gasteiger partial charge in [0.25, 0.3) is 0 Å². The number of hydrogen-bond donors (Lipinski definition) is 0. The number of aldehydes is 1. The zero-order valence-corrected chi connectivity index (χ0v) is 10.3. The molecule has 0 bridgehead atoms. The molecule has 0 fully saturated rings. The van der Waals surface area contributed by atoms with E-state index in [0.29, 0.717) is 12.3 Å². The number of carbonyl (C=O) groups excluding carboxylic acids is 1. The van der Waals surface area contributed by atoms with Gasteiger partial charge in [0.2, 0.25) is 0 Å². The second-order valence-corrected chi connectivity index (χ2v) is 4.09. The van der Waals surface area contributed by atoms with E-state index in [4.69, 9.17) is 4.74 Å². The van der Waals surface area contributed by atoms with E-state index >= 15 is 0 Å². The van der Waals surface area contributed by atoms with Crippen LogP contribution in [0.1, 0.15) is 55.3 Å². The summed E-state index contributed by atoms with van der Waals surface area (Å²) in [6.45, 7) is 6.71. The van der Waals surface area contributed by atoms with Gasteiger partial charge in [-0.2, -0.15) is 0 Å². The van der Waals surface area contributed by atoms with E-state index in [1.54, 1.807) is 7.11 Å². The van der Waals surface area contributed by atoms with Gasteiger partial charge in [-0.05, 0) is 12.3 Å². The highest BCUT2D eigenvalue weighted by molar-refractivity contribution is 5.73. The minimum atomic E-state index is 0.142. The fraction of sp³-hybridized carbons (Fsp3) is 0.727. The quantitative estimate of drug-likeness (QED) is 0.693. The molecule has 0 saturated carbocycles. The van der Waals surface area contributed by atoms with Gasteiger partial charge in [-0.3, -0.25) is 4.79 Å². The molecule has 1 rings (SSSR count). The van der Waals surface area contributed by atoms with E-state index < -0.39 is 0 Å². The van der Waals surface area contributed by atoms with Crippen molar-refractivity contribution >= 4 is 6.29 Å². The van der Waals surface area contributed by atoms with Gasteiger partial charge in [-0.15, -0.1) is 5.10 Å². The summed E-state index contributed by atoms with van der Waals surface area (Å²) >= 11 is 0. The van der Waals surface area contributed by atoms with Crippen molar-refractivity contribution in [2.24, 2.45) is 0 Å². The average molecular weight is 225 g/mol. The predicted molar refractivity (Wildman–Crippen MR) is 60.7 cm³/mol. The summed E-state index contributed by atoms with van der Waals surface area (Å²) in [5.74, 6) is 0.223. The van der Waals surface area contributed by atoms with Crippen molar-refractivity contribution < 1.29 is 9.53 Å². The Kier molecular flexibility index (Phi) is 4.61. The first-order chi connectivity index (χ1) is 7.65. The highest BCUT2D eigenvalue weighted by atomic mass is 16.5. The lowest BCUT2D eigenvalue weighted by atomic mass is 10.1. The van der Waals surface area contributed by atoms with Crippen LogP contribution in [0.15, 0.2) is 0 Å². The Balaban J connectivity index is 3.11. The van der Waals surface area contributed by atoms with Crippen molar-refractivity contribution in [2.45, 2.75) is 39.2 Å². The molecule has 1 aromatic heterocycles. The third kappa shape index (κ3) is 2.47. The summed E-state index contributed by atoms with van der Waals surface area (Å²) < 4.78 is 6.97. The summed E-state index contributed by atoms with van der Waals surface area (Å²) in [6, 6.07) is 0.142. The Morgan fingerprint density at radius 2 is 2.19 bits per heavy atom. The molecule has 90 valence electrons. The van der Waals surface area contributed by atoms with Crippen molar-refractivity contribution in [2.75, 3.05) is 13.7 Å². The van der Waals surface area contributed by atoms with E-state index in [9.17, 15) is 4.79 Å². The zero-order chi connectivity index (χ0) is 12.1. The molecule has 0 radical (unpaired) electrons. The molecule has 0 N–H and O–H groups in total. The number of carbonyl (C=O) groups is 1. The monoisotopic (exact) mass is 225 g/mol. The maximum atomic E-state index is 10.9. The predicted octanol–water partition coefficient (Wildman–Crippen LogP) is 1.81. The lowest BCUT2D eigenvalue weighted by Gasteiger charge is -2.18. The third-order valence-electron chi connectivity index (χ3n) is 2.59. The van der Waals surface area contributed by atoms with Gasteiger partial charge in [0, 0.05) is 7.11 Å². The fourth-order valence-electron chi connectivity index (χ4n) is 1.78. The third-order valence-corrected chi connectivity index (χ3v) is 2.59. The number of ether oxygens (including phenoxy) is 1. The molecule has 5 nitrogen and oxygen atoms in total. The lowest BCUT2D eigenvalue weighted by Crippen LogP contribution is -2.18. The largest absolute Gasteiger partial charge is 0.382 e. The van der Waals surface area contributed by atoms with Crippen LogP contribution in [0.5, 0.6) is 0 Å². The Bertz CT molecular complexity index is 347. The Morgan fingerprint density at radius 1 is 1.50 bits per heavy atom. The topological polar surface area (TPSA) is 57.0 Å². The smallest absolute Gasteiger partial charge is 0.172 e. The van der Waals surface area contributed by atoms with Crippen molar-refractivity contribution in [1.29, 1.82) is 0 Å². The Labute approximate surface area is 95.8 Å². The normalized spacial score (nSPS) is 13.1. The number of hydrogen-bond acceptors (Lipinski definition) is 4. The molecule has 0 amide bonds. The molecule has 0 aliphatic carbocycles. The van der Waals surface area contributed by atoms with Gasteiger partial charge >= 0.3 is 0 Å². The second kappa shape index (κ2) is 5.75. The van der Waals surface area contributed by atoms with Crippen molar-refractivity contribution in [3.05, 3.63) is 11.4 Å². The van der Waals surface area contributed by atoms with E-state index in [0.717, 1.165) is 18.4 Å². The zero-order valence-electron chi connectivity index (χ0n) is 10.3. The Morgan fingerprint density at radius 3 is 2.62 bits per heavy atom.